The molecule has 0 saturated carbocycles. The van der Waals surface area contributed by atoms with Crippen molar-refractivity contribution in [1.82, 2.24) is 4.90 Å². The summed E-state index contributed by atoms with van der Waals surface area (Å²) in [6, 6.07) is 14.7. The molecule has 2 aromatic carbocycles. The van der Waals surface area contributed by atoms with Crippen LogP contribution in [0.4, 0.5) is 5.69 Å². The van der Waals surface area contributed by atoms with E-state index in [-0.39, 0.29) is 18.4 Å². The molecule has 6 heteroatoms. The van der Waals surface area contributed by atoms with Crippen molar-refractivity contribution in [2.45, 2.75) is 12.6 Å². The van der Waals surface area contributed by atoms with Crippen LogP contribution in [0.2, 0.25) is 5.02 Å². The van der Waals surface area contributed by atoms with Crippen molar-refractivity contribution in [3.63, 3.8) is 0 Å². The summed E-state index contributed by atoms with van der Waals surface area (Å²) < 4.78 is 6.32. The zero-order chi connectivity index (χ0) is 18.5. The molecule has 0 aliphatic carbocycles. The minimum atomic E-state index is -1.25. The summed E-state index contributed by atoms with van der Waals surface area (Å²) in [5.74, 6) is 0.0153. The van der Waals surface area contributed by atoms with Crippen LogP contribution < -0.4 is 4.90 Å². The largest absolute Gasteiger partial charge is 0.464 e. The lowest BCUT2D eigenvalue weighted by Crippen LogP contribution is -2.54. The number of rotatable bonds is 1. The Kier molecular flexibility index (Phi) is 3.77. The molecule has 0 bridgehead atoms. The maximum absolute atomic E-state index is 12.9. The Labute approximate surface area is 156 Å². The van der Waals surface area contributed by atoms with Crippen molar-refractivity contribution in [2.24, 2.45) is 0 Å². The number of fused-ring (bicyclic) bond motifs is 3. The number of allylic oxidation sites excluding steroid dienone is 1. The fourth-order valence-corrected chi connectivity index (χ4v) is 3.77. The van der Waals surface area contributed by atoms with Gasteiger partial charge in [-0.05, 0) is 25.1 Å². The Hall–Kier alpha value is -2.79. The van der Waals surface area contributed by atoms with Gasteiger partial charge in [0.1, 0.15) is 12.3 Å². The van der Waals surface area contributed by atoms with E-state index >= 15 is 0 Å². The van der Waals surface area contributed by atoms with E-state index in [4.69, 9.17) is 16.3 Å². The molecule has 2 aliphatic rings. The van der Waals surface area contributed by atoms with Gasteiger partial charge in [-0.25, -0.2) is 0 Å². The monoisotopic (exact) mass is 374 g/mol. The summed E-state index contributed by atoms with van der Waals surface area (Å²) in [5, 5.41) is 0.505. The predicted molar refractivity (Wildman–Crippen MR) is 98.6 cm³/mol. The number of carbonyl (C=O) groups excluding carboxylic acids is 2. The number of anilines is 1. The number of carbonyl (C=O) groups is 2. The Balaban J connectivity index is 2.11. The SMILES string of the molecule is CC1=CC(=O)N2CC(=O)N(C)[13c]3[13cH][13cH][13c](Cl)[13cH][13c]3C2(c2ccccc2)O1. The van der Waals surface area contributed by atoms with E-state index in [0.29, 0.717) is 22.0 Å². The zero-order valence-electron chi connectivity index (χ0n) is 14.4. The van der Waals surface area contributed by atoms with Crippen LogP contribution in [0.1, 0.15) is 18.1 Å². The first-order valence-corrected chi connectivity index (χ1v) is 8.62. The minimum absolute atomic E-state index is 0.0969. The second-order valence-electron chi connectivity index (χ2n) is 6.41. The maximum Gasteiger partial charge on any atom is 0.254 e. The van der Waals surface area contributed by atoms with Gasteiger partial charge in [0.15, 0.2) is 0 Å². The molecule has 0 radical (unpaired) electrons. The summed E-state index contributed by atoms with van der Waals surface area (Å²) in [4.78, 5) is 28.6. The van der Waals surface area contributed by atoms with Crippen molar-refractivity contribution < 1.29 is 14.3 Å². The lowest BCUT2D eigenvalue weighted by atomic mass is 10.0. The van der Waals surface area contributed by atoms with Crippen LogP contribution in [0.15, 0.2) is 60.4 Å². The number of hydrogen-bond acceptors (Lipinski definition) is 3. The summed E-state index contributed by atoms with van der Waals surface area (Å²) in [7, 11) is 1.69. The van der Waals surface area contributed by atoms with Gasteiger partial charge in [0.05, 0.1) is 5.69 Å². The van der Waals surface area contributed by atoms with Gasteiger partial charge in [0.25, 0.3) is 5.91 Å². The molecule has 132 valence electrons. The third kappa shape index (κ3) is 2.31. The quantitative estimate of drug-likeness (QED) is 0.769. The Bertz CT molecular complexity index is 941. The Morgan fingerprint density at radius 1 is 1.12 bits per heavy atom. The highest BCUT2D eigenvalue weighted by atomic mass is 35.5. The molecule has 2 heterocycles. The Morgan fingerprint density at radius 2 is 1.85 bits per heavy atom. The second-order valence-corrected chi connectivity index (χ2v) is 6.84. The number of likely N-dealkylation sites (N-methyl/N-ethyl adjacent to an activating group) is 1. The van der Waals surface area contributed by atoms with E-state index in [9.17, 15) is 9.59 Å². The normalized spacial score (nSPS) is 22.2. The molecule has 4 rings (SSSR count). The molecular weight excluding hydrogens is 358 g/mol. The molecule has 0 aromatic heterocycles. The van der Waals surface area contributed by atoms with E-state index in [2.05, 4.69) is 0 Å². The van der Waals surface area contributed by atoms with Crippen molar-refractivity contribution >= 4 is 29.1 Å². The van der Waals surface area contributed by atoms with E-state index in [0.717, 1.165) is 5.56 Å². The highest BCUT2D eigenvalue weighted by Gasteiger charge is 2.52. The second kappa shape index (κ2) is 5.88. The van der Waals surface area contributed by atoms with Crippen molar-refractivity contribution in [1.29, 1.82) is 0 Å². The van der Waals surface area contributed by atoms with Crippen LogP contribution >= 0.6 is 11.6 Å². The number of amides is 2. The molecule has 2 aliphatic heterocycles. The molecule has 5 nitrogen and oxygen atoms in total. The summed E-state index contributed by atoms with van der Waals surface area (Å²) in [5.41, 5.74) is 0.823. The van der Waals surface area contributed by atoms with Gasteiger partial charge in [-0.3, -0.25) is 14.5 Å². The highest BCUT2D eigenvalue weighted by Crippen LogP contribution is 2.47. The van der Waals surface area contributed by atoms with Crippen LogP contribution in [0.3, 0.4) is 0 Å². The maximum atomic E-state index is 12.9. The van der Waals surface area contributed by atoms with E-state index in [1.165, 1.54) is 11.0 Å². The van der Waals surface area contributed by atoms with Crippen molar-refractivity contribution in [3.05, 3.63) is 76.5 Å². The summed E-state index contributed by atoms with van der Waals surface area (Å²) in [6.45, 7) is 1.64. The molecular formula is C20H17ClN2O3. The molecule has 0 N–H and O–H groups in total. The van der Waals surface area contributed by atoms with Crippen LogP contribution in [-0.2, 0) is 20.1 Å². The van der Waals surface area contributed by atoms with Gasteiger partial charge in [-0.1, -0.05) is 41.9 Å². The zero-order valence-corrected chi connectivity index (χ0v) is 15.2. The first-order chi connectivity index (χ1) is 12.4. The third-order valence-electron chi connectivity index (χ3n) is 4.80. The fourth-order valence-electron chi connectivity index (χ4n) is 3.60. The van der Waals surface area contributed by atoms with Crippen LogP contribution in [0.5, 0.6) is 0 Å². The predicted octanol–water partition coefficient (Wildman–Crippen LogP) is 3.28. The van der Waals surface area contributed by atoms with Gasteiger partial charge in [0.2, 0.25) is 11.6 Å². The topological polar surface area (TPSA) is 49.9 Å². The van der Waals surface area contributed by atoms with Gasteiger partial charge in [0, 0.05) is 29.3 Å². The first-order valence-electron chi connectivity index (χ1n) is 8.24. The van der Waals surface area contributed by atoms with Crippen LogP contribution in [0, 0.1) is 0 Å². The number of hydrogen-bond donors (Lipinski definition) is 0. The van der Waals surface area contributed by atoms with Crippen molar-refractivity contribution in [2.75, 3.05) is 18.5 Å². The van der Waals surface area contributed by atoms with Gasteiger partial charge in [-0.15, -0.1) is 0 Å². The molecule has 0 spiro atoms. The lowest BCUT2D eigenvalue weighted by molar-refractivity contribution is -0.161. The van der Waals surface area contributed by atoms with Crippen LogP contribution in [-0.4, -0.2) is 30.3 Å². The Morgan fingerprint density at radius 3 is 2.58 bits per heavy atom. The molecule has 2 amide bonds. The van der Waals surface area contributed by atoms with E-state index in [1.54, 1.807) is 37.1 Å². The molecule has 26 heavy (non-hydrogen) atoms. The molecule has 1 unspecified atom stereocenters. The standard InChI is InChI=1S/C20H17ClN2O3/c1-13-10-18(24)23-12-19(25)22(2)17-9-8-15(21)11-16(17)20(23,26-13)14-6-4-3-5-7-14/h3-11H,12H2,1-2H3/i8+1,9+1,11+1,15+1,16+1,17+1. The average molecular weight is 375 g/mol. The van der Waals surface area contributed by atoms with Gasteiger partial charge in [-0.2, -0.15) is 0 Å². The molecule has 2 aromatic rings. The number of halogens is 1. The highest BCUT2D eigenvalue weighted by molar-refractivity contribution is 6.30. The third-order valence-corrected chi connectivity index (χ3v) is 5.03. The smallest absolute Gasteiger partial charge is 0.254 e. The lowest BCUT2D eigenvalue weighted by Gasteiger charge is -2.45. The van der Waals surface area contributed by atoms with E-state index < -0.39 is 5.72 Å². The number of ether oxygens (including phenoxy) is 1. The molecule has 1 atom stereocenters. The minimum Gasteiger partial charge on any atom is -0.464 e. The summed E-state index contributed by atoms with van der Waals surface area (Å²) >= 11 is 6.29. The number of benzene rings is 2. The number of nitrogens with zero attached hydrogens (tertiary/aromatic N) is 2. The van der Waals surface area contributed by atoms with Crippen LogP contribution in [0.25, 0.3) is 0 Å². The molecule has 0 fully saturated rings. The van der Waals surface area contributed by atoms with Gasteiger partial charge < -0.3 is 9.64 Å². The summed E-state index contributed by atoms with van der Waals surface area (Å²) in [6.07, 6.45) is 1.41. The van der Waals surface area contributed by atoms with Gasteiger partial charge >= 0.3 is 0 Å². The average Bonchev–Trinajstić information content (AvgIpc) is 2.71. The van der Waals surface area contributed by atoms with Crippen molar-refractivity contribution in [3.8, 4) is 0 Å². The fraction of sp³-hybridized carbons (Fsp3) is 0.200. The molecule has 0 saturated heterocycles. The first kappa shape index (κ1) is 16.7. The van der Waals surface area contributed by atoms with E-state index in [1.807, 2.05) is 30.3 Å².